The minimum Gasteiger partial charge on any atom is -0.481 e. The molecule has 2 unspecified atom stereocenters. The number of aliphatic hydroxyl groups is 2. The summed E-state index contributed by atoms with van der Waals surface area (Å²) in [5, 5.41) is 28.6. The lowest BCUT2D eigenvalue weighted by Crippen LogP contribution is -2.22. The van der Waals surface area contributed by atoms with E-state index in [-0.39, 0.29) is 29.1 Å². The number of carbonyl (C=O) groups is 2. The van der Waals surface area contributed by atoms with Crippen LogP contribution < -0.4 is 0 Å². The Labute approximate surface area is 164 Å². The van der Waals surface area contributed by atoms with Crippen LogP contribution in [0, 0.1) is 11.8 Å². The Morgan fingerprint density at radius 2 is 2.04 bits per heavy atom. The molecule has 0 amide bonds. The van der Waals surface area contributed by atoms with Gasteiger partial charge in [0.05, 0.1) is 23.2 Å². The van der Waals surface area contributed by atoms with Gasteiger partial charge in [-0.15, -0.1) is 11.8 Å². The molecule has 0 aromatic carbocycles. The first-order chi connectivity index (χ1) is 12.5. The number of rotatable bonds is 13. The molecule has 2 fully saturated rings. The first kappa shape index (κ1) is 21.8. The maximum absolute atomic E-state index is 12.1. The summed E-state index contributed by atoms with van der Waals surface area (Å²) in [6.45, 7) is 0. The van der Waals surface area contributed by atoms with Crippen LogP contribution >= 0.6 is 23.5 Å². The number of carboxylic acid groups (broad SMARTS) is 1. The number of thioether (sulfide) groups is 2. The highest BCUT2D eigenvalue weighted by molar-refractivity contribution is 8.01. The SMILES string of the molecule is O=C(O)CSCCCS[C@H]1C(=O)CC(O)[C@@H]1C=CC(O)CCCC1CC1. The number of carbonyl (C=O) groups excluding carboxylic acids is 1. The smallest absolute Gasteiger partial charge is 0.313 e. The van der Waals surface area contributed by atoms with Gasteiger partial charge in [-0.1, -0.05) is 37.8 Å². The molecule has 2 aliphatic rings. The van der Waals surface area contributed by atoms with Gasteiger partial charge in [-0.3, -0.25) is 9.59 Å². The monoisotopic (exact) mass is 402 g/mol. The summed E-state index contributed by atoms with van der Waals surface area (Å²) in [5.74, 6) is 1.52. The van der Waals surface area contributed by atoms with Crippen molar-refractivity contribution in [1.82, 2.24) is 0 Å². The van der Waals surface area contributed by atoms with Crippen molar-refractivity contribution in [3.8, 4) is 0 Å². The van der Waals surface area contributed by atoms with Crippen LogP contribution in [-0.4, -0.2) is 61.8 Å². The molecule has 0 heterocycles. The molecule has 0 spiro atoms. The Kier molecular flexibility index (Phi) is 9.53. The van der Waals surface area contributed by atoms with E-state index in [0.29, 0.717) is 0 Å². The van der Waals surface area contributed by atoms with Crippen LogP contribution in [0.1, 0.15) is 44.9 Å². The van der Waals surface area contributed by atoms with Crippen LogP contribution in [0.5, 0.6) is 0 Å². The number of hydrogen-bond acceptors (Lipinski definition) is 6. The van der Waals surface area contributed by atoms with Crippen LogP contribution in [0.4, 0.5) is 0 Å². The Morgan fingerprint density at radius 3 is 2.73 bits per heavy atom. The van der Waals surface area contributed by atoms with Crippen molar-refractivity contribution in [3.05, 3.63) is 12.2 Å². The minimum atomic E-state index is -0.808. The van der Waals surface area contributed by atoms with Crippen LogP contribution in [0.25, 0.3) is 0 Å². The van der Waals surface area contributed by atoms with Gasteiger partial charge in [0, 0.05) is 12.3 Å². The van der Waals surface area contributed by atoms with E-state index in [4.69, 9.17) is 5.11 Å². The number of hydrogen-bond donors (Lipinski definition) is 3. The summed E-state index contributed by atoms with van der Waals surface area (Å²) in [6.07, 6.45) is 9.02. The molecule has 0 aliphatic heterocycles. The third-order valence-electron chi connectivity index (χ3n) is 4.84. The fourth-order valence-corrected chi connectivity index (χ4v) is 5.41. The summed E-state index contributed by atoms with van der Waals surface area (Å²) in [7, 11) is 0. The Bertz CT molecular complexity index is 492. The van der Waals surface area contributed by atoms with Crippen molar-refractivity contribution in [1.29, 1.82) is 0 Å². The first-order valence-electron chi connectivity index (χ1n) is 9.45. The molecule has 0 bridgehead atoms. The lowest BCUT2D eigenvalue weighted by atomic mass is 10.0. The van der Waals surface area contributed by atoms with Gasteiger partial charge in [0.1, 0.15) is 5.78 Å². The molecule has 3 N–H and O–H groups in total. The van der Waals surface area contributed by atoms with E-state index in [1.807, 2.05) is 6.08 Å². The van der Waals surface area contributed by atoms with Gasteiger partial charge in [0.25, 0.3) is 0 Å². The molecular weight excluding hydrogens is 372 g/mol. The van der Waals surface area contributed by atoms with Gasteiger partial charge in [-0.25, -0.2) is 0 Å². The largest absolute Gasteiger partial charge is 0.481 e. The van der Waals surface area contributed by atoms with E-state index in [2.05, 4.69) is 0 Å². The third-order valence-corrected chi connectivity index (χ3v) is 7.33. The molecule has 2 aliphatic carbocycles. The molecule has 148 valence electrons. The summed E-state index contributed by atoms with van der Waals surface area (Å²) < 4.78 is 0. The Morgan fingerprint density at radius 1 is 1.27 bits per heavy atom. The van der Waals surface area contributed by atoms with Crippen molar-refractivity contribution >= 4 is 35.3 Å². The van der Waals surface area contributed by atoms with Gasteiger partial charge in [-0.05, 0) is 30.3 Å². The van der Waals surface area contributed by atoms with Crippen LogP contribution in [-0.2, 0) is 9.59 Å². The summed E-state index contributed by atoms with van der Waals surface area (Å²) in [4.78, 5) is 22.6. The number of aliphatic hydroxyl groups excluding tert-OH is 2. The second-order valence-corrected chi connectivity index (χ2v) is 9.59. The van der Waals surface area contributed by atoms with E-state index in [1.54, 1.807) is 17.8 Å². The maximum atomic E-state index is 12.1. The molecule has 0 aromatic rings. The summed E-state index contributed by atoms with van der Waals surface area (Å²) in [5.41, 5.74) is 0. The van der Waals surface area contributed by atoms with Gasteiger partial charge in [0.2, 0.25) is 0 Å². The molecule has 0 radical (unpaired) electrons. The quantitative estimate of drug-likeness (QED) is 0.322. The topological polar surface area (TPSA) is 94.8 Å². The van der Waals surface area contributed by atoms with Crippen molar-refractivity contribution < 1.29 is 24.9 Å². The summed E-state index contributed by atoms with van der Waals surface area (Å²) >= 11 is 2.92. The van der Waals surface area contributed by atoms with E-state index in [9.17, 15) is 19.8 Å². The highest BCUT2D eigenvalue weighted by Gasteiger charge is 2.40. The number of ketones is 1. The highest BCUT2D eigenvalue weighted by atomic mass is 32.2. The van der Waals surface area contributed by atoms with Gasteiger partial charge in [0.15, 0.2) is 0 Å². The van der Waals surface area contributed by atoms with Crippen LogP contribution in [0.2, 0.25) is 0 Å². The Hall–Kier alpha value is -0.500. The molecule has 2 rings (SSSR count). The standard InChI is InChI=1S/C19H30O5S2/c20-14(4-1-3-13-5-6-13)7-8-15-16(21)11-17(22)19(15)26-10-2-9-25-12-18(23)24/h7-8,13-16,19-21H,1-6,9-12H2,(H,23,24)/t14?,15-,16?,19+/m0/s1. The third kappa shape index (κ3) is 8.03. The molecular formula is C19H30O5S2. The van der Waals surface area contributed by atoms with Gasteiger partial charge >= 0.3 is 5.97 Å². The van der Waals surface area contributed by atoms with E-state index >= 15 is 0 Å². The normalized spacial score (nSPS) is 27.3. The zero-order valence-electron chi connectivity index (χ0n) is 15.1. The Balaban J connectivity index is 1.70. The summed E-state index contributed by atoms with van der Waals surface area (Å²) in [6, 6.07) is 0. The predicted molar refractivity (Wildman–Crippen MR) is 107 cm³/mol. The van der Waals surface area contributed by atoms with Crippen molar-refractivity contribution in [2.45, 2.75) is 62.4 Å². The van der Waals surface area contributed by atoms with E-state index in [0.717, 1.165) is 36.7 Å². The average molecular weight is 403 g/mol. The molecule has 5 nitrogen and oxygen atoms in total. The number of carboxylic acids is 1. The van der Waals surface area contributed by atoms with Crippen molar-refractivity contribution in [3.63, 3.8) is 0 Å². The van der Waals surface area contributed by atoms with Crippen LogP contribution in [0.3, 0.4) is 0 Å². The zero-order valence-corrected chi connectivity index (χ0v) is 16.7. The maximum Gasteiger partial charge on any atom is 0.313 e. The number of Topliss-reactive ketones (excluding diaryl/α,β-unsaturated/α-hetero) is 1. The molecule has 4 atom stereocenters. The van der Waals surface area contributed by atoms with Gasteiger partial charge in [-0.2, -0.15) is 11.8 Å². The average Bonchev–Trinajstić information content (AvgIpc) is 3.35. The molecule has 26 heavy (non-hydrogen) atoms. The molecule has 0 saturated heterocycles. The lowest BCUT2D eigenvalue weighted by Gasteiger charge is -2.17. The molecule has 2 saturated carbocycles. The van der Waals surface area contributed by atoms with Crippen molar-refractivity contribution in [2.24, 2.45) is 11.8 Å². The van der Waals surface area contributed by atoms with E-state index in [1.165, 1.54) is 31.0 Å². The molecule has 7 heteroatoms. The number of aliphatic carboxylic acids is 1. The second kappa shape index (κ2) is 11.4. The van der Waals surface area contributed by atoms with Crippen molar-refractivity contribution in [2.75, 3.05) is 17.3 Å². The first-order valence-corrected chi connectivity index (χ1v) is 11.7. The second-order valence-electron chi connectivity index (χ2n) is 7.23. The van der Waals surface area contributed by atoms with Crippen LogP contribution in [0.15, 0.2) is 12.2 Å². The van der Waals surface area contributed by atoms with E-state index < -0.39 is 18.2 Å². The minimum absolute atomic E-state index is 0.0681. The molecule has 0 aromatic heterocycles. The predicted octanol–water partition coefficient (Wildman–Crippen LogP) is 2.74. The zero-order chi connectivity index (χ0) is 18.9. The lowest BCUT2D eigenvalue weighted by molar-refractivity contribution is -0.133. The van der Waals surface area contributed by atoms with Gasteiger partial charge < -0.3 is 15.3 Å². The fraction of sp³-hybridized carbons (Fsp3) is 0.789. The fourth-order valence-electron chi connectivity index (χ4n) is 3.21. The highest BCUT2D eigenvalue weighted by Crippen LogP contribution is 2.35.